The van der Waals surface area contributed by atoms with Crippen molar-refractivity contribution < 1.29 is 18.0 Å². The lowest BCUT2D eigenvalue weighted by molar-refractivity contribution is -0.140. The first-order valence-electron chi connectivity index (χ1n) is 13.9. The summed E-state index contributed by atoms with van der Waals surface area (Å²) in [5.74, 6) is -0.898. The Morgan fingerprint density at radius 2 is 1.40 bits per heavy atom. The summed E-state index contributed by atoms with van der Waals surface area (Å²) in [4.78, 5) is 29.5. The van der Waals surface area contributed by atoms with Crippen molar-refractivity contribution in [1.29, 1.82) is 0 Å². The molecule has 0 bridgehead atoms. The minimum absolute atomic E-state index is 0.00787. The molecule has 224 valence electrons. The molecule has 0 spiro atoms. The largest absolute Gasteiger partial charge is 0.354 e. The molecule has 4 rings (SSSR count). The Labute approximate surface area is 263 Å². The number of halogens is 2. The van der Waals surface area contributed by atoms with Crippen LogP contribution < -0.4 is 9.62 Å². The molecule has 7 nitrogen and oxygen atoms in total. The summed E-state index contributed by atoms with van der Waals surface area (Å²) in [7, 11) is -4.22. The van der Waals surface area contributed by atoms with Gasteiger partial charge in [-0.15, -0.1) is 0 Å². The summed E-state index contributed by atoms with van der Waals surface area (Å²) in [6, 6.07) is 29.7. The Kier molecular flexibility index (Phi) is 11.2. The summed E-state index contributed by atoms with van der Waals surface area (Å²) < 4.78 is 29.0. The van der Waals surface area contributed by atoms with Gasteiger partial charge >= 0.3 is 0 Å². The first-order chi connectivity index (χ1) is 20.7. The minimum atomic E-state index is -4.22. The lowest BCUT2D eigenvalue weighted by Gasteiger charge is -2.34. The highest BCUT2D eigenvalue weighted by molar-refractivity contribution is 7.92. The quantitative estimate of drug-likeness (QED) is 0.185. The fourth-order valence-corrected chi connectivity index (χ4v) is 6.46. The van der Waals surface area contributed by atoms with Crippen LogP contribution in [0.1, 0.15) is 24.5 Å². The maximum atomic E-state index is 14.4. The molecule has 0 aliphatic carbocycles. The highest BCUT2D eigenvalue weighted by Crippen LogP contribution is 2.31. The maximum Gasteiger partial charge on any atom is 0.264 e. The lowest BCUT2D eigenvalue weighted by atomic mass is 10.0. The normalized spacial score (nSPS) is 11.9. The van der Waals surface area contributed by atoms with E-state index in [1.54, 1.807) is 66.7 Å². The van der Waals surface area contributed by atoms with Crippen LogP contribution in [0.15, 0.2) is 114 Å². The SMILES string of the molecule is CCCNC(=O)[C@H](Cc1ccccc1)N(Cc1ccc(Cl)cc1)C(=O)CN(c1ccccc1Cl)S(=O)(=O)c1ccccc1. The second-order valence-electron chi connectivity index (χ2n) is 9.92. The molecular formula is C33H33Cl2N3O4S. The number of hydrogen-bond acceptors (Lipinski definition) is 4. The van der Waals surface area contributed by atoms with E-state index in [1.165, 1.54) is 17.0 Å². The van der Waals surface area contributed by atoms with Gasteiger partial charge in [0.05, 0.1) is 15.6 Å². The van der Waals surface area contributed by atoms with E-state index in [2.05, 4.69) is 5.32 Å². The van der Waals surface area contributed by atoms with E-state index in [1.807, 2.05) is 37.3 Å². The lowest BCUT2D eigenvalue weighted by Crippen LogP contribution is -2.53. The second-order valence-corrected chi connectivity index (χ2v) is 12.6. The number of carbonyl (C=O) groups is 2. The number of benzene rings is 4. The number of anilines is 1. The van der Waals surface area contributed by atoms with Gasteiger partial charge in [-0.2, -0.15) is 0 Å². The molecule has 2 amide bonds. The van der Waals surface area contributed by atoms with E-state index in [0.717, 1.165) is 15.4 Å². The zero-order chi connectivity index (χ0) is 30.8. The molecule has 0 fully saturated rings. The topological polar surface area (TPSA) is 86.8 Å². The zero-order valence-electron chi connectivity index (χ0n) is 23.7. The van der Waals surface area contributed by atoms with E-state index >= 15 is 0 Å². The Morgan fingerprint density at radius 3 is 2.02 bits per heavy atom. The Hall–Kier alpha value is -3.85. The zero-order valence-corrected chi connectivity index (χ0v) is 26.0. The number of sulfonamides is 1. The number of rotatable bonds is 13. The third-order valence-electron chi connectivity index (χ3n) is 6.82. The number of nitrogens with zero attached hydrogens (tertiary/aromatic N) is 2. The fourth-order valence-electron chi connectivity index (χ4n) is 4.59. The molecule has 0 aliphatic rings. The van der Waals surface area contributed by atoms with E-state index in [9.17, 15) is 18.0 Å². The van der Waals surface area contributed by atoms with Crippen LogP contribution in [-0.4, -0.2) is 44.3 Å². The van der Waals surface area contributed by atoms with E-state index in [-0.39, 0.29) is 34.5 Å². The molecule has 0 aliphatic heterocycles. The minimum Gasteiger partial charge on any atom is -0.354 e. The van der Waals surface area contributed by atoms with Crippen LogP contribution in [0.4, 0.5) is 5.69 Å². The summed E-state index contributed by atoms with van der Waals surface area (Å²) in [6.07, 6.45) is 0.942. The number of carbonyl (C=O) groups excluding carboxylic acids is 2. The summed E-state index contributed by atoms with van der Waals surface area (Å²) in [6.45, 7) is 1.84. The highest BCUT2D eigenvalue weighted by Gasteiger charge is 2.35. The molecule has 1 atom stereocenters. The second kappa shape index (κ2) is 15.0. The maximum absolute atomic E-state index is 14.4. The molecule has 0 unspecified atom stereocenters. The van der Waals surface area contributed by atoms with Crippen molar-refractivity contribution in [3.05, 3.63) is 130 Å². The number of amides is 2. The van der Waals surface area contributed by atoms with Gasteiger partial charge in [-0.25, -0.2) is 8.42 Å². The molecular weight excluding hydrogens is 605 g/mol. The highest BCUT2D eigenvalue weighted by atomic mass is 35.5. The van der Waals surface area contributed by atoms with E-state index < -0.39 is 28.5 Å². The van der Waals surface area contributed by atoms with Crippen molar-refractivity contribution in [3.8, 4) is 0 Å². The smallest absolute Gasteiger partial charge is 0.264 e. The van der Waals surface area contributed by atoms with Gasteiger partial charge in [0.2, 0.25) is 11.8 Å². The molecule has 0 aromatic heterocycles. The van der Waals surface area contributed by atoms with Crippen molar-refractivity contribution >= 4 is 50.7 Å². The molecule has 0 saturated heterocycles. The average molecular weight is 639 g/mol. The Bertz CT molecular complexity index is 1620. The van der Waals surface area contributed by atoms with Crippen LogP contribution in [0.3, 0.4) is 0 Å². The van der Waals surface area contributed by atoms with Gasteiger partial charge in [-0.3, -0.25) is 13.9 Å². The third-order valence-corrected chi connectivity index (χ3v) is 9.16. The van der Waals surface area contributed by atoms with Gasteiger partial charge in [0, 0.05) is 24.5 Å². The molecule has 0 saturated carbocycles. The van der Waals surface area contributed by atoms with Crippen LogP contribution in [0, 0.1) is 0 Å². The van der Waals surface area contributed by atoms with Gasteiger partial charge in [0.1, 0.15) is 12.6 Å². The van der Waals surface area contributed by atoms with Gasteiger partial charge < -0.3 is 10.2 Å². The predicted molar refractivity (Wildman–Crippen MR) is 172 cm³/mol. The van der Waals surface area contributed by atoms with Gasteiger partial charge in [-0.05, 0) is 53.9 Å². The summed E-state index contributed by atoms with van der Waals surface area (Å²) >= 11 is 12.6. The van der Waals surface area contributed by atoms with Gasteiger partial charge in [0.15, 0.2) is 0 Å². The van der Waals surface area contributed by atoms with E-state index in [4.69, 9.17) is 23.2 Å². The van der Waals surface area contributed by atoms with Crippen LogP contribution in [-0.2, 0) is 32.6 Å². The van der Waals surface area contributed by atoms with Gasteiger partial charge in [0.25, 0.3) is 10.0 Å². The Morgan fingerprint density at radius 1 is 0.791 bits per heavy atom. The molecule has 0 radical (unpaired) electrons. The van der Waals surface area contributed by atoms with Crippen molar-refractivity contribution in [2.24, 2.45) is 0 Å². The summed E-state index contributed by atoms with van der Waals surface area (Å²) in [5, 5.41) is 3.62. The predicted octanol–water partition coefficient (Wildman–Crippen LogP) is 6.36. The molecule has 10 heteroatoms. The van der Waals surface area contributed by atoms with Crippen molar-refractivity contribution in [2.45, 2.75) is 37.2 Å². The number of hydrogen-bond donors (Lipinski definition) is 1. The van der Waals surface area contributed by atoms with Crippen molar-refractivity contribution in [2.75, 3.05) is 17.4 Å². The summed E-state index contributed by atoms with van der Waals surface area (Å²) in [5.41, 5.74) is 1.74. The third kappa shape index (κ3) is 8.38. The first-order valence-corrected chi connectivity index (χ1v) is 16.1. The standard InChI is InChI=1S/C33H33Cl2N3O4S/c1-2-21-36-33(40)31(22-25-11-5-3-6-12-25)37(23-26-17-19-27(34)20-18-26)32(39)24-38(30-16-10-9-15-29(30)35)43(41,42)28-13-7-4-8-14-28/h3-20,31H,2,21-24H2,1H3,(H,36,40)/t31-/m0/s1. The fraction of sp³-hybridized carbons (Fsp3) is 0.212. The molecule has 1 N–H and O–H groups in total. The number of nitrogens with one attached hydrogen (secondary N) is 1. The Balaban J connectivity index is 1.79. The molecule has 0 heterocycles. The van der Waals surface area contributed by atoms with Crippen molar-refractivity contribution in [3.63, 3.8) is 0 Å². The first kappa shape index (κ1) is 32.1. The number of para-hydroxylation sites is 1. The van der Waals surface area contributed by atoms with Crippen LogP contribution >= 0.6 is 23.2 Å². The molecule has 43 heavy (non-hydrogen) atoms. The van der Waals surface area contributed by atoms with Crippen LogP contribution in [0.25, 0.3) is 0 Å². The van der Waals surface area contributed by atoms with Gasteiger partial charge in [-0.1, -0.05) is 103 Å². The van der Waals surface area contributed by atoms with Crippen LogP contribution in [0.5, 0.6) is 0 Å². The molecule has 4 aromatic rings. The van der Waals surface area contributed by atoms with Crippen LogP contribution in [0.2, 0.25) is 10.0 Å². The van der Waals surface area contributed by atoms with E-state index in [0.29, 0.717) is 18.0 Å². The average Bonchev–Trinajstić information content (AvgIpc) is 3.02. The van der Waals surface area contributed by atoms with Crippen molar-refractivity contribution in [1.82, 2.24) is 10.2 Å². The molecule has 4 aromatic carbocycles. The monoisotopic (exact) mass is 637 g/mol.